The first-order valence-electron chi connectivity index (χ1n) is 10.7. The van der Waals surface area contributed by atoms with E-state index in [1.54, 1.807) is 0 Å². The molecule has 1 unspecified atom stereocenters. The minimum atomic E-state index is 0.168. The maximum absolute atomic E-state index is 13.1. The summed E-state index contributed by atoms with van der Waals surface area (Å²) in [7, 11) is 0. The van der Waals surface area contributed by atoms with Crippen LogP contribution in [0.1, 0.15) is 36.8 Å². The molecule has 0 radical (unpaired) electrons. The number of likely N-dealkylation sites (tertiary alicyclic amines) is 2. The summed E-state index contributed by atoms with van der Waals surface area (Å²) in [6, 6.07) is 14.9. The van der Waals surface area contributed by atoms with Crippen molar-refractivity contribution in [2.75, 3.05) is 26.2 Å². The fourth-order valence-corrected chi connectivity index (χ4v) is 4.71. The topological polar surface area (TPSA) is 36.4 Å². The molecule has 1 aromatic carbocycles. The first-order valence-corrected chi connectivity index (χ1v) is 10.7. The summed E-state index contributed by atoms with van der Waals surface area (Å²) in [6.07, 6.45) is 9.26. The summed E-state index contributed by atoms with van der Waals surface area (Å²) in [5, 5.41) is 0. The summed E-state index contributed by atoms with van der Waals surface area (Å²) in [5.74, 6) is 1.26. The number of piperidine rings is 2. The molecule has 0 saturated carbocycles. The zero-order valence-corrected chi connectivity index (χ0v) is 16.7. The van der Waals surface area contributed by atoms with E-state index in [0.717, 1.165) is 64.8 Å². The Hall–Kier alpha value is -2.20. The number of benzene rings is 1. The highest BCUT2D eigenvalue weighted by atomic mass is 16.2. The van der Waals surface area contributed by atoms with Gasteiger partial charge in [-0.3, -0.25) is 14.7 Å². The molecule has 4 nitrogen and oxygen atoms in total. The third-order valence-corrected chi connectivity index (χ3v) is 6.30. The quantitative estimate of drug-likeness (QED) is 0.796. The third-order valence-electron chi connectivity index (χ3n) is 6.30. The van der Waals surface area contributed by atoms with E-state index >= 15 is 0 Å². The predicted octanol–water partition coefficient (Wildman–Crippen LogP) is 3.77. The van der Waals surface area contributed by atoms with Gasteiger partial charge in [0.05, 0.1) is 5.92 Å². The van der Waals surface area contributed by atoms with Crippen molar-refractivity contribution in [3.8, 4) is 0 Å². The Morgan fingerprint density at radius 3 is 2.43 bits per heavy atom. The van der Waals surface area contributed by atoms with Crippen molar-refractivity contribution in [2.24, 2.45) is 11.8 Å². The van der Waals surface area contributed by atoms with Gasteiger partial charge in [-0.1, -0.05) is 30.3 Å². The molecule has 0 bridgehead atoms. The van der Waals surface area contributed by atoms with Crippen molar-refractivity contribution in [1.29, 1.82) is 0 Å². The van der Waals surface area contributed by atoms with E-state index < -0.39 is 0 Å². The molecule has 2 aliphatic rings. The molecule has 0 spiro atoms. The monoisotopic (exact) mass is 377 g/mol. The molecule has 28 heavy (non-hydrogen) atoms. The van der Waals surface area contributed by atoms with Gasteiger partial charge in [0.2, 0.25) is 5.91 Å². The molecule has 2 aromatic rings. The lowest BCUT2D eigenvalue weighted by Crippen LogP contribution is -2.47. The number of hydrogen-bond acceptors (Lipinski definition) is 3. The Morgan fingerprint density at radius 2 is 1.68 bits per heavy atom. The van der Waals surface area contributed by atoms with Crippen LogP contribution in [0.5, 0.6) is 0 Å². The van der Waals surface area contributed by atoms with Crippen LogP contribution in [0.4, 0.5) is 0 Å². The molecular formula is C24H31N3O. The summed E-state index contributed by atoms with van der Waals surface area (Å²) >= 11 is 0. The summed E-state index contributed by atoms with van der Waals surface area (Å²) in [6.45, 7) is 4.76. The number of amides is 1. The van der Waals surface area contributed by atoms with Crippen LogP contribution >= 0.6 is 0 Å². The van der Waals surface area contributed by atoms with E-state index in [-0.39, 0.29) is 5.92 Å². The van der Waals surface area contributed by atoms with Gasteiger partial charge in [0.1, 0.15) is 0 Å². The molecule has 4 heteroatoms. The molecule has 2 aliphatic heterocycles. The van der Waals surface area contributed by atoms with E-state index in [9.17, 15) is 4.79 Å². The van der Waals surface area contributed by atoms with Gasteiger partial charge < -0.3 is 4.90 Å². The molecule has 1 atom stereocenters. The number of pyridine rings is 1. The first-order chi connectivity index (χ1) is 13.8. The molecule has 2 fully saturated rings. The van der Waals surface area contributed by atoms with E-state index in [4.69, 9.17) is 0 Å². The van der Waals surface area contributed by atoms with Gasteiger partial charge in [0.25, 0.3) is 0 Å². The van der Waals surface area contributed by atoms with Crippen molar-refractivity contribution in [3.63, 3.8) is 0 Å². The molecule has 1 aromatic heterocycles. The Bertz CT molecular complexity index is 741. The molecule has 148 valence electrons. The lowest BCUT2D eigenvalue weighted by molar-refractivity contribution is -0.138. The summed E-state index contributed by atoms with van der Waals surface area (Å²) in [5.41, 5.74) is 2.70. The van der Waals surface area contributed by atoms with E-state index in [2.05, 4.69) is 57.2 Å². The van der Waals surface area contributed by atoms with E-state index in [0.29, 0.717) is 11.8 Å². The second kappa shape index (κ2) is 9.33. The zero-order valence-electron chi connectivity index (χ0n) is 16.7. The number of rotatable bonds is 5. The fourth-order valence-electron chi connectivity index (χ4n) is 4.71. The molecule has 4 rings (SSSR count). The third kappa shape index (κ3) is 4.99. The van der Waals surface area contributed by atoms with Gasteiger partial charge in [-0.15, -0.1) is 0 Å². The van der Waals surface area contributed by atoms with Gasteiger partial charge in [-0.2, -0.15) is 0 Å². The number of carbonyl (C=O) groups is 1. The minimum Gasteiger partial charge on any atom is -0.342 e. The highest BCUT2D eigenvalue weighted by molar-refractivity contribution is 5.79. The normalized spacial score (nSPS) is 21.6. The van der Waals surface area contributed by atoms with Crippen LogP contribution < -0.4 is 0 Å². The second-order valence-electron chi connectivity index (χ2n) is 8.39. The number of carbonyl (C=O) groups excluding carboxylic acids is 1. The Morgan fingerprint density at radius 1 is 0.929 bits per heavy atom. The van der Waals surface area contributed by atoms with Crippen molar-refractivity contribution in [3.05, 3.63) is 66.0 Å². The van der Waals surface area contributed by atoms with Crippen LogP contribution in [-0.4, -0.2) is 46.9 Å². The highest BCUT2D eigenvalue weighted by Gasteiger charge is 2.31. The van der Waals surface area contributed by atoms with Crippen molar-refractivity contribution >= 4 is 5.91 Å². The van der Waals surface area contributed by atoms with Crippen LogP contribution in [0.15, 0.2) is 54.9 Å². The average Bonchev–Trinajstić information content (AvgIpc) is 2.75. The van der Waals surface area contributed by atoms with Crippen LogP contribution in [0.3, 0.4) is 0 Å². The Labute approximate surface area is 168 Å². The highest BCUT2D eigenvalue weighted by Crippen LogP contribution is 2.26. The van der Waals surface area contributed by atoms with Crippen LogP contribution in [-0.2, 0) is 17.8 Å². The van der Waals surface area contributed by atoms with Gasteiger partial charge >= 0.3 is 0 Å². The molecule has 1 amide bonds. The van der Waals surface area contributed by atoms with Gasteiger partial charge in [-0.25, -0.2) is 0 Å². The van der Waals surface area contributed by atoms with Gasteiger partial charge in [0.15, 0.2) is 0 Å². The maximum Gasteiger partial charge on any atom is 0.226 e. The van der Waals surface area contributed by atoms with Gasteiger partial charge in [0, 0.05) is 38.6 Å². The lowest BCUT2D eigenvalue weighted by atomic mass is 9.89. The molecular weight excluding hydrogens is 346 g/mol. The van der Waals surface area contributed by atoms with Crippen LogP contribution in [0.25, 0.3) is 0 Å². The van der Waals surface area contributed by atoms with Crippen molar-refractivity contribution in [1.82, 2.24) is 14.8 Å². The summed E-state index contributed by atoms with van der Waals surface area (Å²) < 4.78 is 0. The lowest BCUT2D eigenvalue weighted by Gasteiger charge is -2.38. The maximum atomic E-state index is 13.1. The van der Waals surface area contributed by atoms with Crippen LogP contribution in [0, 0.1) is 11.8 Å². The predicted molar refractivity (Wildman–Crippen MR) is 112 cm³/mol. The number of nitrogens with zero attached hydrogens (tertiary/aromatic N) is 3. The number of hydrogen-bond donors (Lipinski definition) is 0. The van der Waals surface area contributed by atoms with E-state index in [1.807, 2.05) is 12.4 Å². The first kappa shape index (κ1) is 19.1. The van der Waals surface area contributed by atoms with Crippen molar-refractivity contribution < 1.29 is 4.79 Å². The second-order valence-corrected chi connectivity index (χ2v) is 8.39. The molecule has 3 heterocycles. The Kier molecular flexibility index (Phi) is 6.38. The fraction of sp³-hybridized carbons (Fsp3) is 0.500. The molecule has 0 N–H and O–H groups in total. The SMILES string of the molecule is O=C(C1CCCN(Cc2ccncc2)C1)N1CCC(Cc2ccccc2)CC1. The standard InChI is InChI=1S/C24H31N3O/c28-24(23-7-4-14-26(19-23)18-22-8-12-25-13-9-22)27-15-10-21(11-16-27)17-20-5-2-1-3-6-20/h1-3,5-6,8-9,12-13,21,23H,4,7,10-11,14-19H2. The van der Waals surface area contributed by atoms with Crippen LogP contribution in [0.2, 0.25) is 0 Å². The zero-order chi connectivity index (χ0) is 19.2. The van der Waals surface area contributed by atoms with Crippen molar-refractivity contribution in [2.45, 2.75) is 38.6 Å². The molecule has 0 aliphatic carbocycles. The largest absolute Gasteiger partial charge is 0.342 e. The van der Waals surface area contributed by atoms with Gasteiger partial charge in [-0.05, 0) is 67.8 Å². The number of aromatic nitrogens is 1. The summed E-state index contributed by atoms with van der Waals surface area (Å²) in [4.78, 5) is 21.8. The minimum absolute atomic E-state index is 0.168. The molecule has 2 saturated heterocycles. The smallest absolute Gasteiger partial charge is 0.226 e. The van der Waals surface area contributed by atoms with E-state index in [1.165, 1.54) is 11.1 Å². The Balaban J connectivity index is 1.26. The average molecular weight is 378 g/mol.